The fraction of sp³-hybridized carbons (Fsp3) is 0.308. The highest BCUT2D eigenvalue weighted by molar-refractivity contribution is 5.81. The maximum absolute atomic E-state index is 11.5. The molecule has 1 aromatic carbocycles. The van der Waals surface area contributed by atoms with Gasteiger partial charge in [0.2, 0.25) is 12.3 Å². The second-order valence-electron chi connectivity index (χ2n) is 4.20. The van der Waals surface area contributed by atoms with E-state index in [1.165, 1.54) is 0 Å². The van der Waals surface area contributed by atoms with E-state index >= 15 is 0 Å². The number of benzene rings is 1. The van der Waals surface area contributed by atoms with Crippen LogP contribution in [-0.2, 0) is 20.8 Å². The lowest BCUT2D eigenvalue weighted by atomic mass is 10.0. The van der Waals surface area contributed by atoms with Gasteiger partial charge in [-0.05, 0) is 12.0 Å². The molecule has 1 rings (SSSR count). The van der Waals surface area contributed by atoms with E-state index in [-0.39, 0.29) is 19.3 Å². The first-order valence-electron chi connectivity index (χ1n) is 5.98. The second kappa shape index (κ2) is 7.90. The zero-order chi connectivity index (χ0) is 15.0. The van der Waals surface area contributed by atoms with Crippen molar-refractivity contribution in [3.8, 4) is 0 Å². The maximum atomic E-state index is 11.5. The van der Waals surface area contributed by atoms with Gasteiger partial charge in [0.25, 0.3) is 0 Å². The molecule has 0 saturated carbocycles. The van der Waals surface area contributed by atoms with Gasteiger partial charge >= 0.3 is 5.97 Å². The first kappa shape index (κ1) is 15.6. The Labute approximate surface area is 115 Å². The Bertz CT molecular complexity index is 463. The number of carbonyl (C=O) groups is 3. The van der Waals surface area contributed by atoms with Gasteiger partial charge in [0.15, 0.2) is 0 Å². The van der Waals surface area contributed by atoms with Crippen molar-refractivity contribution in [2.75, 3.05) is 6.54 Å². The van der Waals surface area contributed by atoms with Crippen LogP contribution in [0.4, 0.5) is 0 Å². The molecule has 0 unspecified atom stereocenters. The number of hydroxylamine groups is 2. The highest BCUT2D eigenvalue weighted by Crippen LogP contribution is 2.09. The van der Waals surface area contributed by atoms with Crippen molar-refractivity contribution < 1.29 is 24.7 Å². The minimum Gasteiger partial charge on any atom is -0.480 e. The van der Waals surface area contributed by atoms with E-state index in [1.807, 2.05) is 6.07 Å². The summed E-state index contributed by atoms with van der Waals surface area (Å²) in [5.41, 5.74) is 0.851. The number of hydrogen-bond acceptors (Lipinski definition) is 4. The molecule has 7 heteroatoms. The van der Waals surface area contributed by atoms with Crippen molar-refractivity contribution in [1.29, 1.82) is 0 Å². The number of carboxylic acids is 1. The molecule has 1 atom stereocenters. The number of nitrogens with zero attached hydrogens (tertiary/aromatic N) is 1. The highest BCUT2D eigenvalue weighted by Gasteiger charge is 2.20. The lowest BCUT2D eigenvalue weighted by molar-refractivity contribution is -0.162. The average Bonchev–Trinajstić information content (AvgIpc) is 2.44. The Kier molecular flexibility index (Phi) is 6.18. The molecule has 1 aromatic rings. The average molecular weight is 280 g/mol. The zero-order valence-corrected chi connectivity index (χ0v) is 10.7. The molecule has 0 fully saturated rings. The minimum atomic E-state index is -1.16. The Morgan fingerprint density at radius 1 is 1.30 bits per heavy atom. The van der Waals surface area contributed by atoms with E-state index in [2.05, 4.69) is 5.32 Å². The molecule has 20 heavy (non-hydrogen) atoms. The maximum Gasteiger partial charge on any atom is 0.322 e. The largest absolute Gasteiger partial charge is 0.480 e. The molecule has 0 aliphatic carbocycles. The van der Waals surface area contributed by atoms with E-state index in [4.69, 9.17) is 5.11 Å². The molecule has 0 aliphatic heterocycles. The van der Waals surface area contributed by atoms with Crippen LogP contribution in [0.2, 0.25) is 0 Å². The van der Waals surface area contributed by atoms with E-state index in [0.717, 1.165) is 5.56 Å². The smallest absolute Gasteiger partial charge is 0.322 e. The van der Waals surface area contributed by atoms with Gasteiger partial charge in [0.05, 0.1) is 6.04 Å². The molecule has 0 radical (unpaired) electrons. The molecule has 0 heterocycles. The Morgan fingerprint density at radius 2 is 1.95 bits per heavy atom. The van der Waals surface area contributed by atoms with E-state index < -0.39 is 24.5 Å². The number of amides is 2. The molecule has 2 amide bonds. The lowest BCUT2D eigenvalue weighted by Crippen LogP contribution is -2.39. The van der Waals surface area contributed by atoms with Gasteiger partial charge in [-0.15, -0.1) is 0 Å². The summed E-state index contributed by atoms with van der Waals surface area (Å²) < 4.78 is 0. The Morgan fingerprint density at radius 3 is 2.50 bits per heavy atom. The van der Waals surface area contributed by atoms with Gasteiger partial charge in [-0.1, -0.05) is 30.3 Å². The molecule has 0 spiro atoms. The number of carboxylic acid groups (broad SMARTS) is 1. The molecule has 108 valence electrons. The van der Waals surface area contributed by atoms with Crippen LogP contribution in [0.5, 0.6) is 0 Å². The third-order valence-electron chi connectivity index (χ3n) is 2.65. The number of rotatable bonds is 8. The van der Waals surface area contributed by atoms with E-state index in [1.54, 1.807) is 24.3 Å². The van der Waals surface area contributed by atoms with Crippen molar-refractivity contribution in [3.05, 3.63) is 35.9 Å². The van der Waals surface area contributed by atoms with Gasteiger partial charge in [-0.3, -0.25) is 19.6 Å². The Hall–Kier alpha value is -2.41. The number of nitrogens with one attached hydrogen (secondary N) is 1. The standard InChI is InChI=1S/C13H16N2O5/c16-9-15(20)11(6-10-4-2-1-3-5-10)7-12(17)14-8-13(18)19/h1-5,9,11,20H,6-8H2,(H,14,17)(H,18,19)/t11-/m0/s1. The van der Waals surface area contributed by atoms with Crippen LogP contribution in [0.15, 0.2) is 30.3 Å². The summed E-state index contributed by atoms with van der Waals surface area (Å²) in [5, 5.41) is 20.5. The van der Waals surface area contributed by atoms with Crippen LogP contribution in [0, 0.1) is 0 Å². The van der Waals surface area contributed by atoms with Crippen LogP contribution in [-0.4, -0.2) is 46.3 Å². The number of hydrogen-bond donors (Lipinski definition) is 3. The minimum absolute atomic E-state index is 0.183. The van der Waals surface area contributed by atoms with Crippen LogP contribution in [0.1, 0.15) is 12.0 Å². The fourth-order valence-electron chi connectivity index (χ4n) is 1.69. The molecule has 0 saturated heterocycles. The lowest BCUT2D eigenvalue weighted by Gasteiger charge is -2.22. The topological polar surface area (TPSA) is 107 Å². The molecular weight excluding hydrogens is 264 g/mol. The summed E-state index contributed by atoms with van der Waals surface area (Å²) in [6.07, 6.45) is 0.325. The van der Waals surface area contributed by atoms with Crippen molar-refractivity contribution >= 4 is 18.3 Å². The highest BCUT2D eigenvalue weighted by atomic mass is 16.5. The van der Waals surface area contributed by atoms with Gasteiger partial charge < -0.3 is 10.4 Å². The first-order chi connectivity index (χ1) is 9.52. The van der Waals surface area contributed by atoms with Gasteiger partial charge in [0.1, 0.15) is 6.54 Å². The monoisotopic (exact) mass is 280 g/mol. The van der Waals surface area contributed by atoms with Crippen molar-refractivity contribution in [2.45, 2.75) is 18.9 Å². The molecule has 0 aliphatic rings. The predicted octanol–water partition coefficient (Wildman–Crippen LogP) is 0.0362. The first-order valence-corrected chi connectivity index (χ1v) is 5.98. The normalized spacial score (nSPS) is 11.4. The molecule has 0 aromatic heterocycles. The Balaban J connectivity index is 2.63. The molecule has 3 N–H and O–H groups in total. The third-order valence-corrected chi connectivity index (χ3v) is 2.65. The summed E-state index contributed by atoms with van der Waals surface area (Å²) >= 11 is 0. The molecule has 7 nitrogen and oxygen atoms in total. The molecule has 0 bridgehead atoms. The summed E-state index contributed by atoms with van der Waals surface area (Å²) in [7, 11) is 0. The zero-order valence-electron chi connectivity index (χ0n) is 10.7. The van der Waals surface area contributed by atoms with Crippen LogP contribution >= 0.6 is 0 Å². The summed E-state index contributed by atoms with van der Waals surface area (Å²) in [6.45, 7) is -0.497. The van der Waals surface area contributed by atoms with Crippen molar-refractivity contribution in [1.82, 2.24) is 10.4 Å². The van der Waals surface area contributed by atoms with Crippen molar-refractivity contribution in [3.63, 3.8) is 0 Å². The predicted molar refractivity (Wildman–Crippen MR) is 68.9 cm³/mol. The second-order valence-corrected chi connectivity index (χ2v) is 4.20. The van der Waals surface area contributed by atoms with Gasteiger partial charge in [-0.25, -0.2) is 5.06 Å². The van der Waals surface area contributed by atoms with Crippen LogP contribution < -0.4 is 5.32 Å². The van der Waals surface area contributed by atoms with Crippen molar-refractivity contribution in [2.24, 2.45) is 0 Å². The quantitative estimate of drug-likeness (QED) is 0.354. The van der Waals surface area contributed by atoms with E-state index in [0.29, 0.717) is 5.06 Å². The fourth-order valence-corrected chi connectivity index (χ4v) is 1.69. The van der Waals surface area contributed by atoms with Gasteiger partial charge in [0, 0.05) is 6.42 Å². The number of carbonyl (C=O) groups excluding carboxylic acids is 2. The van der Waals surface area contributed by atoms with E-state index in [9.17, 15) is 19.6 Å². The van der Waals surface area contributed by atoms with Gasteiger partial charge in [-0.2, -0.15) is 0 Å². The summed E-state index contributed by atoms with van der Waals surface area (Å²) in [5.74, 6) is -1.71. The number of aliphatic carboxylic acids is 1. The van der Waals surface area contributed by atoms with Crippen LogP contribution in [0.3, 0.4) is 0 Å². The van der Waals surface area contributed by atoms with Crippen LogP contribution in [0.25, 0.3) is 0 Å². The third kappa shape index (κ3) is 5.49. The summed E-state index contributed by atoms with van der Waals surface area (Å²) in [6, 6.07) is 8.30. The summed E-state index contributed by atoms with van der Waals surface area (Å²) in [4.78, 5) is 32.5. The SMILES string of the molecule is O=CN(O)[C@H](CC(=O)NCC(=O)O)Cc1ccccc1. The molecular formula is C13H16N2O5.